The summed E-state index contributed by atoms with van der Waals surface area (Å²) in [6.45, 7) is 9.63. The number of rotatable bonds is 8. The van der Waals surface area contributed by atoms with Gasteiger partial charge in [-0.15, -0.1) is 0 Å². The number of pyridine rings is 1. The van der Waals surface area contributed by atoms with Crippen molar-refractivity contribution < 1.29 is 9.90 Å². The van der Waals surface area contributed by atoms with Crippen LogP contribution in [0.2, 0.25) is 0 Å². The maximum absolute atomic E-state index is 12.3. The summed E-state index contributed by atoms with van der Waals surface area (Å²) in [4.78, 5) is 18.1. The van der Waals surface area contributed by atoms with Crippen LogP contribution in [0.4, 0.5) is 5.69 Å². The number of nitrogens with one attached hydrogen (secondary N) is 1. The van der Waals surface area contributed by atoms with Crippen LogP contribution in [0.15, 0.2) is 18.3 Å². The van der Waals surface area contributed by atoms with E-state index in [1.54, 1.807) is 17.2 Å². The first kappa shape index (κ1) is 17.4. The molecule has 0 atom stereocenters. The summed E-state index contributed by atoms with van der Waals surface area (Å²) in [5.74, 6) is -0.0649. The van der Waals surface area contributed by atoms with Gasteiger partial charge in [-0.1, -0.05) is 13.8 Å². The van der Waals surface area contributed by atoms with Gasteiger partial charge < -0.3 is 15.3 Å². The minimum absolute atomic E-state index is 0.0649. The highest BCUT2D eigenvalue weighted by molar-refractivity contribution is 5.93. The minimum Gasteiger partial charge on any atom is -0.388 e. The van der Waals surface area contributed by atoms with Crippen molar-refractivity contribution in [1.29, 1.82) is 0 Å². The van der Waals surface area contributed by atoms with Crippen LogP contribution in [0.1, 0.15) is 51.0 Å². The maximum atomic E-state index is 12.3. The smallest absolute Gasteiger partial charge is 0.272 e. The highest BCUT2D eigenvalue weighted by Gasteiger charge is 2.22. The van der Waals surface area contributed by atoms with E-state index in [9.17, 15) is 9.90 Å². The van der Waals surface area contributed by atoms with Gasteiger partial charge >= 0.3 is 0 Å². The molecule has 1 aromatic heterocycles. The van der Waals surface area contributed by atoms with E-state index < -0.39 is 5.60 Å². The van der Waals surface area contributed by atoms with E-state index in [1.807, 2.05) is 33.8 Å². The van der Waals surface area contributed by atoms with Crippen LogP contribution in [-0.4, -0.2) is 46.1 Å². The first-order chi connectivity index (χ1) is 9.99. The molecule has 1 aromatic rings. The molecule has 0 radical (unpaired) electrons. The van der Waals surface area contributed by atoms with E-state index in [0.717, 1.165) is 5.69 Å². The Morgan fingerprint density at radius 2 is 1.90 bits per heavy atom. The zero-order valence-corrected chi connectivity index (χ0v) is 13.5. The van der Waals surface area contributed by atoms with Crippen molar-refractivity contribution in [2.75, 3.05) is 25.0 Å². The predicted molar refractivity (Wildman–Crippen MR) is 85.5 cm³/mol. The lowest BCUT2D eigenvalue weighted by atomic mass is 9.97. The molecule has 1 amide bonds. The average Bonchev–Trinajstić information content (AvgIpc) is 2.54. The molecule has 1 rings (SSSR count). The van der Waals surface area contributed by atoms with Crippen molar-refractivity contribution in [3.8, 4) is 0 Å². The first-order valence-corrected chi connectivity index (χ1v) is 7.71. The molecule has 0 spiro atoms. The molecule has 21 heavy (non-hydrogen) atoms. The van der Waals surface area contributed by atoms with Gasteiger partial charge in [0.1, 0.15) is 5.69 Å². The predicted octanol–water partition coefficient (Wildman–Crippen LogP) is 2.53. The monoisotopic (exact) mass is 293 g/mol. The van der Waals surface area contributed by atoms with Crippen LogP contribution in [-0.2, 0) is 0 Å². The van der Waals surface area contributed by atoms with Gasteiger partial charge in [0.15, 0.2) is 0 Å². The van der Waals surface area contributed by atoms with Crippen molar-refractivity contribution in [3.05, 3.63) is 24.0 Å². The quantitative estimate of drug-likeness (QED) is 0.773. The van der Waals surface area contributed by atoms with E-state index in [-0.39, 0.29) is 5.91 Å². The highest BCUT2D eigenvalue weighted by Crippen LogP contribution is 2.17. The van der Waals surface area contributed by atoms with E-state index >= 15 is 0 Å². The molecule has 1 heterocycles. The Labute approximate surface area is 127 Å². The molecule has 118 valence electrons. The van der Waals surface area contributed by atoms with E-state index in [2.05, 4.69) is 10.3 Å². The van der Waals surface area contributed by atoms with E-state index in [1.165, 1.54) is 0 Å². The molecule has 0 bridgehead atoms. The summed E-state index contributed by atoms with van der Waals surface area (Å²) >= 11 is 0. The first-order valence-electron chi connectivity index (χ1n) is 7.71. The van der Waals surface area contributed by atoms with Gasteiger partial charge in [-0.3, -0.25) is 9.78 Å². The highest BCUT2D eigenvalue weighted by atomic mass is 16.3. The molecule has 0 aliphatic heterocycles. The number of carbonyl (C=O) groups is 1. The fourth-order valence-corrected chi connectivity index (χ4v) is 2.10. The molecule has 0 aromatic carbocycles. The molecular formula is C16H27N3O2. The Kier molecular flexibility index (Phi) is 6.62. The largest absolute Gasteiger partial charge is 0.388 e. The molecule has 5 heteroatoms. The van der Waals surface area contributed by atoms with Gasteiger partial charge in [0, 0.05) is 31.5 Å². The molecule has 0 unspecified atom stereocenters. The van der Waals surface area contributed by atoms with Gasteiger partial charge in [0.05, 0.1) is 5.60 Å². The van der Waals surface area contributed by atoms with Gasteiger partial charge in [-0.2, -0.15) is 0 Å². The summed E-state index contributed by atoms with van der Waals surface area (Å²) in [5, 5.41) is 13.5. The van der Waals surface area contributed by atoms with E-state index in [0.29, 0.717) is 38.2 Å². The molecule has 0 saturated heterocycles. The summed E-state index contributed by atoms with van der Waals surface area (Å²) in [6, 6.07) is 3.55. The Balaban J connectivity index is 2.79. The van der Waals surface area contributed by atoms with Crippen molar-refractivity contribution in [1.82, 2.24) is 9.88 Å². The van der Waals surface area contributed by atoms with Gasteiger partial charge in [0.25, 0.3) is 5.91 Å². The van der Waals surface area contributed by atoms with Gasteiger partial charge in [-0.25, -0.2) is 0 Å². The fourth-order valence-electron chi connectivity index (χ4n) is 2.10. The third-order valence-corrected chi connectivity index (χ3v) is 3.97. The number of aliphatic hydroxyl groups is 1. The standard InChI is InChI=1S/C16H27N3O2/c1-5-16(21,6-2)12-18-13-9-10-17-14(11-13)15(20)19(7-3)8-4/h9-11,21H,5-8,12H2,1-4H3,(H,17,18). The van der Waals surface area contributed by atoms with E-state index in [4.69, 9.17) is 0 Å². The van der Waals surface area contributed by atoms with Crippen molar-refractivity contribution in [3.63, 3.8) is 0 Å². The third kappa shape index (κ3) is 4.70. The number of carbonyl (C=O) groups excluding carboxylic acids is 1. The van der Waals surface area contributed by atoms with Crippen LogP contribution < -0.4 is 5.32 Å². The number of nitrogens with zero attached hydrogens (tertiary/aromatic N) is 2. The lowest BCUT2D eigenvalue weighted by molar-refractivity contribution is 0.0457. The second kappa shape index (κ2) is 7.98. The van der Waals surface area contributed by atoms with Crippen LogP contribution in [0.25, 0.3) is 0 Å². The third-order valence-electron chi connectivity index (χ3n) is 3.97. The average molecular weight is 293 g/mol. The molecule has 0 aliphatic rings. The van der Waals surface area contributed by atoms with Crippen molar-refractivity contribution in [2.45, 2.75) is 46.1 Å². The lowest BCUT2D eigenvalue weighted by Gasteiger charge is -2.26. The zero-order chi connectivity index (χ0) is 15.9. The van der Waals surface area contributed by atoms with Crippen LogP contribution >= 0.6 is 0 Å². The topological polar surface area (TPSA) is 65.5 Å². The molecular weight excluding hydrogens is 266 g/mol. The number of hydrogen-bond acceptors (Lipinski definition) is 4. The summed E-state index contributed by atoms with van der Waals surface area (Å²) in [7, 11) is 0. The minimum atomic E-state index is -0.716. The van der Waals surface area contributed by atoms with Crippen molar-refractivity contribution in [2.24, 2.45) is 0 Å². The zero-order valence-electron chi connectivity index (χ0n) is 13.5. The lowest BCUT2D eigenvalue weighted by Crippen LogP contribution is -2.35. The maximum Gasteiger partial charge on any atom is 0.272 e. The van der Waals surface area contributed by atoms with Gasteiger partial charge in [-0.05, 0) is 38.8 Å². The number of amides is 1. The molecule has 2 N–H and O–H groups in total. The molecule has 5 nitrogen and oxygen atoms in total. The Morgan fingerprint density at radius 1 is 1.29 bits per heavy atom. The fraction of sp³-hybridized carbons (Fsp3) is 0.625. The molecule has 0 fully saturated rings. The Bertz CT molecular complexity index is 455. The Morgan fingerprint density at radius 3 is 2.43 bits per heavy atom. The SMILES string of the molecule is CCN(CC)C(=O)c1cc(NCC(O)(CC)CC)ccn1. The number of aromatic nitrogens is 1. The summed E-state index contributed by atoms with van der Waals surface area (Å²) in [5.41, 5.74) is 0.521. The number of anilines is 1. The number of hydrogen-bond donors (Lipinski definition) is 2. The normalized spacial score (nSPS) is 11.3. The second-order valence-corrected chi connectivity index (χ2v) is 5.19. The molecule has 0 saturated carbocycles. The summed E-state index contributed by atoms with van der Waals surface area (Å²) < 4.78 is 0. The van der Waals surface area contributed by atoms with Crippen LogP contribution in [0.3, 0.4) is 0 Å². The van der Waals surface area contributed by atoms with Gasteiger partial charge in [0.2, 0.25) is 0 Å². The van der Waals surface area contributed by atoms with Crippen LogP contribution in [0, 0.1) is 0 Å². The Hall–Kier alpha value is -1.62. The van der Waals surface area contributed by atoms with Crippen LogP contribution in [0.5, 0.6) is 0 Å². The second-order valence-electron chi connectivity index (χ2n) is 5.19. The summed E-state index contributed by atoms with van der Waals surface area (Å²) in [6.07, 6.45) is 3.00. The molecule has 0 aliphatic carbocycles. The van der Waals surface area contributed by atoms with Crippen molar-refractivity contribution >= 4 is 11.6 Å².